The van der Waals surface area contributed by atoms with Gasteiger partial charge in [-0.25, -0.2) is 4.79 Å². The Bertz CT molecular complexity index is 1510. The van der Waals surface area contributed by atoms with E-state index < -0.39 is 34.8 Å². The first-order valence-corrected chi connectivity index (χ1v) is 15.7. The van der Waals surface area contributed by atoms with E-state index in [-0.39, 0.29) is 36.3 Å². The van der Waals surface area contributed by atoms with Crippen LogP contribution in [0.3, 0.4) is 0 Å². The van der Waals surface area contributed by atoms with Crippen molar-refractivity contribution >= 4 is 75.8 Å². The molecule has 3 amide bonds. The molecule has 3 unspecified atom stereocenters. The SMILES string of the molecule is CCC(C)C(NC(=O)O)C(=O)NC(C(=O)CCN(C(=O)C(Cl)Cl)c1ccnc(-c2cc(-c3c(Cl)cccc3Cl)no2)c1)C(C)C. The van der Waals surface area contributed by atoms with E-state index in [1.807, 2.05) is 6.92 Å². The molecule has 3 N–H and O–H groups in total. The van der Waals surface area contributed by atoms with E-state index >= 15 is 0 Å². The monoisotopic (exact) mass is 699 g/mol. The number of amides is 3. The zero-order chi connectivity index (χ0) is 33.4. The summed E-state index contributed by atoms with van der Waals surface area (Å²) in [6, 6.07) is 7.74. The molecule has 242 valence electrons. The summed E-state index contributed by atoms with van der Waals surface area (Å²) in [4.78, 5) is 54.9. The van der Waals surface area contributed by atoms with Gasteiger partial charge in [0.25, 0.3) is 5.91 Å². The van der Waals surface area contributed by atoms with Crippen molar-refractivity contribution in [2.75, 3.05) is 11.4 Å². The molecule has 45 heavy (non-hydrogen) atoms. The number of hydrogen-bond acceptors (Lipinski definition) is 7. The van der Waals surface area contributed by atoms with Crippen LogP contribution in [0.15, 0.2) is 47.1 Å². The maximum Gasteiger partial charge on any atom is 0.405 e. The number of carboxylic acid groups (broad SMARTS) is 1. The summed E-state index contributed by atoms with van der Waals surface area (Å²) in [5.41, 5.74) is 1.50. The van der Waals surface area contributed by atoms with Crippen LogP contribution in [-0.4, -0.2) is 62.4 Å². The van der Waals surface area contributed by atoms with Crippen LogP contribution in [-0.2, 0) is 14.4 Å². The van der Waals surface area contributed by atoms with Crippen molar-refractivity contribution < 1.29 is 28.8 Å². The second kappa shape index (κ2) is 16.3. The fourth-order valence-electron chi connectivity index (χ4n) is 4.54. The summed E-state index contributed by atoms with van der Waals surface area (Å²) in [6.07, 6.45) is 0.450. The fraction of sp³-hybridized carbons (Fsp3) is 0.400. The first kappa shape index (κ1) is 36.1. The van der Waals surface area contributed by atoms with Gasteiger partial charge >= 0.3 is 6.09 Å². The average molecular weight is 701 g/mol. The number of nitrogens with zero attached hydrogens (tertiary/aromatic N) is 3. The number of hydrogen-bond donors (Lipinski definition) is 3. The smallest absolute Gasteiger partial charge is 0.405 e. The molecule has 0 fully saturated rings. The van der Waals surface area contributed by atoms with Crippen molar-refractivity contribution in [3.8, 4) is 22.7 Å². The maximum absolute atomic E-state index is 13.4. The standard InChI is InChI=1S/C30H33Cl4N5O6/c1-5-16(4)26(37-30(43)44)28(41)36-25(15(2)3)22(40)10-12-39(29(42)27(33)34)17-9-11-35-20(13-17)23-14-21(38-45-23)24-18(31)7-6-8-19(24)32/h6-9,11,13-16,25-27,37H,5,10,12H2,1-4H3,(H,36,41)(H,43,44). The lowest BCUT2D eigenvalue weighted by molar-refractivity contribution is -0.130. The van der Waals surface area contributed by atoms with E-state index in [4.69, 9.17) is 50.9 Å². The number of carbonyl (C=O) groups excluding carboxylic acids is 3. The van der Waals surface area contributed by atoms with Crippen molar-refractivity contribution in [2.45, 2.75) is 57.5 Å². The minimum absolute atomic E-state index is 0.130. The van der Waals surface area contributed by atoms with Crippen molar-refractivity contribution in [3.63, 3.8) is 0 Å². The second-order valence-corrected chi connectivity index (χ2v) is 12.5. The lowest BCUT2D eigenvalue weighted by atomic mass is 9.94. The van der Waals surface area contributed by atoms with Crippen molar-refractivity contribution in [1.82, 2.24) is 20.8 Å². The van der Waals surface area contributed by atoms with Gasteiger partial charge in [0.05, 0.1) is 16.1 Å². The third kappa shape index (κ3) is 9.32. The quantitative estimate of drug-likeness (QED) is 0.158. The summed E-state index contributed by atoms with van der Waals surface area (Å²) in [6.45, 7) is 6.93. The van der Waals surface area contributed by atoms with Gasteiger partial charge in [0, 0.05) is 36.5 Å². The Kier molecular flexibility index (Phi) is 13.0. The number of nitrogens with one attached hydrogen (secondary N) is 2. The Labute approximate surface area is 280 Å². The normalized spacial score (nSPS) is 13.3. The lowest BCUT2D eigenvalue weighted by Crippen LogP contribution is -2.55. The number of halogens is 4. The zero-order valence-electron chi connectivity index (χ0n) is 24.9. The predicted molar refractivity (Wildman–Crippen MR) is 174 cm³/mol. The van der Waals surface area contributed by atoms with E-state index in [0.29, 0.717) is 39.1 Å². The topological polar surface area (TPSA) is 155 Å². The molecule has 0 aliphatic heterocycles. The molecule has 2 heterocycles. The number of benzene rings is 1. The average Bonchev–Trinajstić information content (AvgIpc) is 3.47. The molecular formula is C30H33Cl4N5O6. The van der Waals surface area contributed by atoms with Crippen LogP contribution in [0.2, 0.25) is 10.0 Å². The Hall–Kier alpha value is -3.38. The number of pyridine rings is 1. The molecule has 1 aromatic carbocycles. The third-order valence-electron chi connectivity index (χ3n) is 7.16. The molecular weight excluding hydrogens is 668 g/mol. The Morgan fingerprint density at radius 2 is 1.64 bits per heavy atom. The molecule has 0 saturated carbocycles. The first-order chi connectivity index (χ1) is 21.2. The summed E-state index contributed by atoms with van der Waals surface area (Å²) in [5, 5.41) is 18.9. The van der Waals surface area contributed by atoms with Crippen LogP contribution < -0.4 is 15.5 Å². The van der Waals surface area contributed by atoms with Gasteiger partial charge in [-0.1, -0.05) is 91.7 Å². The molecule has 15 heteroatoms. The highest BCUT2D eigenvalue weighted by atomic mass is 35.5. The lowest BCUT2D eigenvalue weighted by Gasteiger charge is -2.28. The molecule has 0 aliphatic rings. The zero-order valence-corrected chi connectivity index (χ0v) is 27.9. The van der Waals surface area contributed by atoms with E-state index in [9.17, 15) is 24.3 Å². The second-order valence-electron chi connectivity index (χ2n) is 10.6. The van der Waals surface area contributed by atoms with E-state index in [1.54, 1.807) is 57.2 Å². The molecule has 3 aromatic rings. The highest BCUT2D eigenvalue weighted by molar-refractivity contribution is 6.54. The molecule has 0 bridgehead atoms. The van der Waals surface area contributed by atoms with Crippen molar-refractivity contribution in [1.29, 1.82) is 0 Å². The Morgan fingerprint density at radius 3 is 2.22 bits per heavy atom. The van der Waals surface area contributed by atoms with E-state index in [2.05, 4.69) is 20.8 Å². The van der Waals surface area contributed by atoms with Crippen molar-refractivity contribution in [2.24, 2.45) is 11.8 Å². The van der Waals surface area contributed by atoms with Crippen LogP contribution in [0, 0.1) is 11.8 Å². The number of ketones is 1. The molecule has 0 aliphatic carbocycles. The summed E-state index contributed by atoms with van der Waals surface area (Å²) < 4.78 is 5.50. The number of alkyl halides is 2. The number of carbonyl (C=O) groups is 4. The van der Waals surface area contributed by atoms with Crippen LogP contribution in [0.5, 0.6) is 0 Å². The van der Waals surface area contributed by atoms with Gasteiger partial charge in [-0.15, -0.1) is 0 Å². The number of rotatable bonds is 14. The van der Waals surface area contributed by atoms with Gasteiger partial charge in [0.1, 0.15) is 17.4 Å². The molecule has 0 saturated heterocycles. The van der Waals surface area contributed by atoms with Crippen LogP contribution in [0.25, 0.3) is 22.7 Å². The molecule has 3 atom stereocenters. The molecule has 11 nitrogen and oxygen atoms in total. The van der Waals surface area contributed by atoms with Gasteiger partial charge in [0.15, 0.2) is 16.4 Å². The minimum atomic E-state index is -1.44. The number of aromatic nitrogens is 2. The van der Waals surface area contributed by atoms with E-state index in [1.165, 1.54) is 11.1 Å². The van der Waals surface area contributed by atoms with Gasteiger partial charge < -0.3 is 25.2 Å². The van der Waals surface area contributed by atoms with Crippen LogP contribution >= 0.6 is 46.4 Å². The summed E-state index contributed by atoms with van der Waals surface area (Å²) >= 11 is 24.5. The fourth-order valence-corrected chi connectivity index (χ4v) is 5.36. The minimum Gasteiger partial charge on any atom is -0.465 e. The third-order valence-corrected chi connectivity index (χ3v) is 8.16. The summed E-state index contributed by atoms with van der Waals surface area (Å²) in [7, 11) is 0. The predicted octanol–water partition coefficient (Wildman–Crippen LogP) is 6.63. The molecule has 0 radical (unpaired) electrons. The van der Waals surface area contributed by atoms with Crippen LogP contribution in [0.4, 0.5) is 10.5 Å². The van der Waals surface area contributed by atoms with Crippen LogP contribution in [0.1, 0.15) is 40.5 Å². The van der Waals surface area contributed by atoms with Gasteiger partial charge in [-0.05, 0) is 36.1 Å². The van der Waals surface area contributed by atoms with Gasteiger partial charge in [-0.2, -0.15) is 0 Å². The van der Waals surface area contributed by atoms with Gasteiger partial charge in [-0.3, -0.25) is 19.4 Å². The first-order valence-electron chi connectivity index (χ1n) is 14.0. The Morgan fingerprint density at radius 1 is 0.978 bits per heavy atom. The largest absolute Gasteiger partial charge is 0.465 e. The number of Topliss-reactive ketones (excluding diaryl/α,β-unsaturated/α-hetero) is 1. The number of anilines is 1. The maximum atomic E-state index is 13.4. The molecule has 0 spiro atoms. The summed E-state index contributed by atoms with van der Waals surface area (Å²) in [5.74, 6) is -2.06. The molecule has 3 rings (SSSR count). The van der Waals surface area contributed by atoms with Crippen molar-refractivity contribution in [3.05, 3.63) is 52.6 Å². The van der Waals surface area contributed by atoms with Gasteiger partial charge in [0.2, 0.25) is 5.91 Å². The highest BCUT2D eigenvalue weighted by Crippen LogP contribution is 2.36. The Balaban J connectivity index is 1.84. The highest BCUT2D eigenvalue weighted by Gasteiger charge is 2.32. The van der Waals surface area contributed by atoms with E-state index in [0.717, 1.165) is 0 Å². The molecule has 2 aromatic heterocycles.